The van der Waals surface area contributed by atoms with E-state index in [2.05, 4.69) is 30.9 Å². The molecule has 2 aromatic carbocycles. The topological polar surface area (TPSA) is 36.4 Å². The normalized spacial score (nSPS) is 10.9. The number of aryl methyl sites for hydroxylation is 2. The van der Waals surface area contributed by atoms with Gasteiger partial charge >= 0.3 is 0 Å². The van der Waals surface area contributed by atoms with Crippen LogP contribution in [0.15, 0.2) is 36.4 Å². The van der Waals surface area contributed by atoms with Crippen molar-refractivity contribution in [2.45, 2.75) is 13.8 Å². The first-order valence-corrected chi connectivity index (χ1v) is 9.64. The zero-order valence-electron chi connectivity index (χ0n) is 15.8. The number of anilines is 1. The number of carbonyl (C=O) groups excluding carboxylic acids is 1. The number of aromatic nitrogens is 1. The minimum Gasteiger partial charge on any atom is -0.308 e. The fourth-order valence-electron chi connectivity index (χ4n) is 2.84. The molecule has 0 aliphatic rings. The van der Waals surface area contributed by atoms with Crippen LogP contribution < -0.4 is 4.90 Å². The van der Waals surface area contributed by atoms with Crippen molar-refractivity contribution in [1.29, 1.82) is 0 Å². The smallest absolute Gasteiger partial charge is 0.260 e. The number of halogens is 2. The van der Waals surface area contributed by atoms with Gasteiger partial charge in [-0.3, -0.25) is 9.69 Å². The van der Waals surface area contributed by atoms with E-state index in [1.807, 2.05) is 14.1 Å². The lowest BCUT2D eigenvalue weighted by Crippen LogP contribution is -2.36. The number of rotatable bonds is 5. The van der Waals surface area contributed by atoms with E-state index in [-0.39, 0.29) is 18.3 Å². The summed E-state index contributed by atoms with van der Waals surface area (Å²) in [7, 11) is 3.99. The molecular weight excluding hydrogens is 401 g/mol. The van der Waals surface area contributed by atoms with Crippen molar-refractivity contribution in [3.05, 3.63) is 58.1 Å². The van der Waals surface area contributed by atoms with Gasteiger partial charge in [0.25, 0.3) is 5.91 Å². The predicted octanol–water partition coefficient (Wildman–Crippen LogP) is 5.20. The van der Waals surface area contributed by atoms with E-state index in [0.717, 1.165) is 21.9 Å². The minimum atomic E-state index is -0.0808. The molecule has 0 aliphatic carbocycles. The number of thiazole rings is 1. The number of hydrogen-bond donors (Lipinski definition) is 0. The van der Waals surface area contributed by atoms with Crippen LogP contribution in [0.2, 0.25) is 5.02 Å². The summed E-state index contributed by atoms with van der Waals surface area (Å²) in [4.78, 5) is 21.7. The number of fused-ring (bicyclic) bond motifs is 1. The van der Waals surface area contributed by atoms with Crippen molar-refractivity contribution in [2.24, 2.45) is 0 Å². The van der Waals surface area contributed by atoms with Gasteiger partial charge in [0.05, 0.1) is 10.2 Å². The Morgan fingerprint density at radius 1 is 1.15 bits per heavy atom. The molecule has 4 nitrogen and oxygen atoms in total. The van der Waals surface area contributed by atoms with Crippen LogP contribution in [-0.4, -0.2) is 43.0 Å². The standard InChI is InChI=1S/C20H22ClN3OS.ClH/c1-13-10-14(2)18-17(11-13)22-20(26-18)24(9-8-23(3)4)19(25)15-6-5-7-16(21)12-15;/h5-7,10-12H,8-9H2,1-4H3;1H. The summed E-state index contributed by atoms with van der Waals surface area (Å²) in [5.41, 5.74) is 3.87. The molecule has 0 atom stereocenters. The number of likely N-dealkylation sites (N-methyl/N-ethyl adjacent to an activating group) is 1. The number of carbonyl (C=O) groups is 1. The lowest BCUT2D eigenvalue weighted by atomic mass is 10.1. The van der Waals surface area contributed by atoms with Crippen molar-refractivity contribution in [1.82, 2.24) is 9.88 Å². The zero-order chi connectivity index (χ0) is 18.8. The fraction of sp³-hybridized carbons (Fsp3) is 0.300. The minimum absolute atomic E-state index is 0. The van der Waals surface area contributed by atoms with Gasteiger partial charge in [0.15, 0.2) is 5.13 Å². The Morgan fingerprint density at radius 2 is 1.89 bits per heavy atom. The molecule has 1 amide bonds. The monoisotopic (exact) mass is 423 g/mol. The highest BCUT2D eigenvalue weighted by atomic mass is 35.5. The SMILES string of the molecule is Cc1cc(C)c2sc(N(CCN(C)C)C(=O)c3cccc(Cl)c3)nc2c1.Cl. The average molecular weight is 424 g/mol. The number of hydrogen-bond acceptors (Lipinski definition) is 4. The van der Waals surface area contributed by atoms with E-state index in [9.17, 15) is 4.79 Å². The highest BCUT2D eigenvalue weighted by Crippen LogP contribution is 2.32. The van der Waals surface area contributed by atoms with Gasteiger partial charge in [0.2, 0.25) is 0 Å². The molecule has 0 N–H and O–H groups in total. The maximum absolute atomic E-state index is 13.2. The molecule has 0 spiro atoms. The molecule has 0 unspecified atom stereocenters. The number of amides is 1. The molecule has 0 fully saturated rings. The van der Waals surface area contributed by atoms with Crippen LogP contribution in [0.4, 0.5) is 5.13 Å². The first-order chi connectivity index (χ1) is 12.3. The van der Waals surface area contributed by atoms with Gasteiger partial charge in [-0.05, 0) is 63.3 Å². The summed E-state index contributed by atoms with van der Waals surface area (Å²) in [5, 5.41) is 1.28. The van der Waals surface area contributed by atoms with E-state index in [1.54, 1.807) is 40.5 Å². The number of nitrogens with zero attached hydrogens (tertiary/aromatic N) is 3. The van der Waals surface area contributed by atoms with Crippen molar-refractivity contribution < 1.29 is 4.79 Å². The van der Waals surface area contributed by atoms with Gasteiger partial charge in [-0.25, -0.2) is 4.98 Å². The van der Waals surface area contributed by atoms with Crippen LogP contribution in [0.5, 0.6) is 0 Å². The van der Waals surface area contributed by atoms with Gasteiger partial charge < -0.3 is 4.90 Å². The molecule has 3 rings (SSSR count). The maximum Gasteiger partial charge on any atom is 0.260 e. The first-order valence-electron chi connectivity index (χ1n) is 8.45. The molecule has 3 aromatic rings. The molecular formula is C20H23Cl2N3OS. The van der Waals surface area contributed by atoms with Gasteiger partial charge in [0, 0.05) is 23.7 Å². The van der Waals surface area contributed by atoms with Crippen LogP contribution >= 0.6 is 35.3 Å². The Hall–Kier alpha value is -1.66. The zero-order valence-corrected chi connectivity index (χ0v) is 18.2. The van der Waals surface area contributed by atoms with Crippen LogP contribution in [0.3, 0.4) is 0 Å². The third-order valence-corrected chi connectivity index (χ3v) is 5.59. The van der Waals surface area contributed by atoms with E-state index in [0.29, 0.717) is 17.1 Å². The molecule has 0 bridgehead atoms. The van der Waals surface area contributed by atoms with Crippen LogP contribution in [0.25, 0.3) is 10.2 Å². The van der Waals surface area contributed by atoms with E-state index < -0.39 is 0 Å². The largest absolute Gasteiger partial charge is 0.308 e. The first kappa shape index (κ1) is 21.6. The van der Waals surface area contributed by atoms with Crippen LogP contribution in [0, 0.1) is 13.8 Å². The molecule has 0 radical (unpaired) electrons. The molecule has 144 valence electrons. The molecule has 0 aliphatic heterocycles. The second kappa shape index (κ2) is 9.02. The summed E-state index contributed by atoms with van der Waals surface area (Å²) in [6.07, 6.45) is 0. The highest BCUT2D eigenvalue weighted by molar-refractivity contribution is 7.22. The molecule has 1 aromatic heterocycles. The summed E-state index contributed by atoms with van der Waals surface area (Å²) in [6.45, 7) is 5.46. The summed E-state index contributed by atoms with van der Waals surface area (Å²) >= 11 is 7.64. The van der Waals surface area contributed by atoms with Crippen molar-refractivity contribution in [2.75, 3.05) is 32.1 Å². The molecule has 1 heterocycles. The van der Waals surface area contributed by atoms with Gasteiger partial charge in [0.1, 0.15) is 0 Å². The highest BCUT2D eigenvalue weighted by Gasteiger charge is 2.22. The van der Waals surface area contributed by atoms with Gasteiger partial charge in [-0.1, -0.05) is 35.1 Å². The molecule has 27 heavy (non-hydrogen) atoms. The molecule has 7 heteroatoms. The Bertz CT molecular complexity index is 956. The Labute approximate surface area is 175 Å². The van der Waals surface area contributed by atoms with E-state index in [1.165, 1.54) is 11.1 Å². The predicted molar refractivity (Wildman–Crippen MR) is 118 cm³/mol. The number of benzene rings is 2. The summed E-state index contributed by atoms with van der Waals surface area (Å²) in [6, 6.07) is 11.3. The Balaban J connectivity index is 0.00000261. The summed E-state index contributed by atoms with van der Waals surface area (Å²) in [5.74, 6) is -0.0808. The van der Waals surface area contributed by atoms with Gasteiger partial charge in [-0.2, -0.15) is 0 Å². The average Bonchev–Trinajstić information content (AvgIpc) is 2.98. The quantitative estimate of drug-likeness (QED) is 0.565. The second-order valence-corrected chi connectivity index (χ2v) is 8.11. The van der Waals surface area contributed by atoms with Crippen molar-refractivity contribution >= 4 is 56.6 Å². The third kappa shape index (κ3) is 4.99. The van der Waals surface area contributed by atoms with Gasteiger partial charge in [-0.15, -0.1) is 12.4 Å². The van der Waals surface area contributed by atoms with E-state index in [4.69, 9.17) is 16.6 Å². The van der Waals surface area contributed by atoms with E-state index >= 15 is 0 Å². The second-order valence-electron chi connectivity index (χ2n) is 6.70. The fourth-order valence-corrected chi connectivity index (χ4v) is 4.07. The summed E-state index contributed by atoms with van der Waals surface area (Å²) < 4.78 is 1.12. The Kier molecular flexibility index (Phi) is 7.23. The third-order valence-electron chi connectivity index (χ3n) is 4.13. The lowest BCUT2D eigenvalue weighted by molar-refractivity contribution is 0.0985. The molecule has 0 saturated heterocycles. The maximum atomic E-state index is 13.2. The molecule has 0 saturated carbocycles. The Morgan fingerprint density at radius 3 is 2.56 bits per heavy atom. The lowest BCUT2D eigenvalue weighted by Gasteiger charge is -2.22. The van der Waals surface area contributed by atoms with Crippen molar-refractivity contribution in [3.63, 3.8) is 0 Å². The van der Waals surface area contributed by atoms with Crippen LogP contribution in [-0.2, 0) is 0 Å². The van der Waals surface area contributed by atoms with Crippen molar-refractivity contribution in [3.8, 4) is 0 Å². The van der Waals surface area contributed by atoms with Crippen LogP contribution in [0.1, 0.15) is 21.5 Å².